The molecule has 1 aromatic carbocycles. The van der Waals surface area contributed by atoms with Crippen LogP contribution in [0.5, 0.6) is 0 Å². The van der Waals surface area contributed by atoms with Gasteiger partial charge >= 0.3 is 6.18 Å². The standard InChI is InChI=1S/C14H15F3N4/c1-21(2)13-19-11(8-18)7-12(20-13)9-3-5-10(6-4-9)14(15,16)17/h3-7H,8,18H2,1-2H3. The van der Waals surface area contributed by atoms with Crippen LogP contribution >= 0.6 is 0 Å². The highest BCUT2D eigenvalue weighted by Gasteiger charge is 2.30. The highest BCUT2D eigenvalue weighted by atomic mass is 19.4. The van der Waals surface area contributed by atoms with Crippen LogP contribution in [-0.4, -0.2) is 24.1 Å². The molecule has 4 nitrogen and oxygen atoms in total. The second kappa shape index (κ2) is 5.69. The number of benzene rings is 1. The molecule has 0 spiro atoms. The third-order valence-electron chi connectivity index (χ3n) is 2.88. The van der Waals surface area contributed by atoms with E-state index in [9.17, 15) is 13.2 Å². The van der Waals surface area contributed by atoms with Crippen molar-refractivity contribution in [2.45, 2.75) is 12.7 Å². The molecule has 2 rings (SSSR count). The van der Waals surface area contributed by atoms with Crippen LogP contribution < -0.4 is 10.6 Å². The zero-order valence-electron chi connectivity index (χ0n) is 11.6. The molecule has 0 unspecified atom stereocenters. The Balaban J connectivity index is 2.44. The lowest BCUT2D eigenvalue weighted by Crippen LogP contribution is -2.15. The molecule has 0 saturated carbocycles. The molecule has 0 saturated heterocycles. The van der Waals surface area contributed by atoms with Crippen molar-refractivity contribution in [3.05, 3.63) is 41.6 Å². The van der Waals surface area contributed by atoms with Crippen LogP contribution in [-0.2, 0) is 12.7 Å². The second-order valence-corrected chi connectivity index (χ2v) is 4.72. The fourth-order valence-corrected chi connectivity index (χ4v) is 1.77. The second-order valence-electron chi connectivity index (χ2n) is 4.72. The van der Waals surface area contributed by atoms with E-state index in [4.69, 9.17) is 5.73 Å². The first kappa shape index (κ1) is 15.2. The highest BCUT2D eigenvalue weighted by Crippen LogP contribution is 2.30. The van der Waals surface area contributed by atoms with Crippen LogP contribution in [0.25, 0.3) is 11.3 Å². The SMILES string of the molecule is CN(C)c1nc(CN)cc(-c2ccc(C(F)(F)F)cc2)n1. The minimum Gasteiger partial charge on any atom is -0.347 e. The summed E-state index contributed by atoms with van der Waals surface area (Å²) in [6, 6.07) is 6.54. The molecule has 0 amide bonds. The molecule has 7 heteroatoms. The molecular formula is C14H15F3N4. The third kappa shape index (κ3) is 3.49. The largest absolute Gasteiger partial charge is 0.416 e. The molecule has 1 heterocycles. The predicted octanol–water partition coefficient (Wildman–Crippen LogP) is 2.69. The average Bonchev–Trinajstić information content (AvgIpc) is 2.46. The number of hydrogen-bond acceptors (Lipinski definition) is 4. The molecule has 0 atom stereocenters. The Hall–Kier alpha value is -2.15. The van der Waals surface area contributed by atoms with Crippen LogP contribution in [0, 0.1) is 0 Å². The van der Waals surface area contributed by atoms with Crippen molar-refractivity contribution in [1.29, 1.82) is 0 Å². The zero-order valence-corrected chi connectivity index (χ0v) is 11.6. The van der Waals surface area contributed by atoms with Crippen LogP contribution in [0.1, 0.15) is 11.3 Å². The monoisotopic (exact) mass is 296 g/mol. The molecule has 1 aromatic heterocycles. The molecule has 0 radical (unpaired) electrons. The molecule has 2 aromatic rings. The van der Waals surface area contributed by atoms with Crippen molar-refractivity contribution in [1.82, 2.24) is 9.97 Å². The number of nitrogens with two attached hydrogens (primary N) is 1. The fourth-order valence-electron chi connectivity index (χ4n) is 1.77. The summed E-state index contributed by atoms with van der Waals surface area (Å²) < 4.78 is 37.7. The highest BCUT2D eigenvalue weighted by molar-refractivity contribution is 5.61. The summed E-state index contributed by atoms with van der Waals surface area (Å²) >= 11 is 0. The molecule has 0 fully saturated rings. The average molecular weight is 296 g/mol. The van der Waals surface area contributed by atoms with E-state index in [1.165, 1.54) is 12.1 Å². The van der Waals surface area contributed by atoms with E-state index in [0.29, 0.717) is 22.9 Å². The van der Waals surface area contributed by atoms with Crippen molar-refractivity contribution in [2.75, 3.05) is 19.0 Å². The van der Waals surface area contributed by atoms with Gasteiger partial charge in [0.05, 0.1) is 17.0 Å². The van der Waals surface area contributed by atoms with Crippen molar-refractivity contribution in [3.63, 3.8) is 0 Å². The van der Waals surface area contributed by atoms with Gasteiger partial charge in [-0.2, -0.15) is 13.2 Å². The van der Waals surface area contributed by atoms with Crippen LogP contribution in [0.15, 0.2) is 30.3 Å². The van der Waals surface area contributed by atoms with E-state index in [2.05, 4.69) is 9.97 Å². The maximum Gasteiger partial charge on any atom is 0.416 e. The normalized spacial score (nSPS) is 11.5. The Morgan fingerprint density at radius 3 is 2.19 bits per heavy atom. The smallest absolute Gasteiger partial charge is 0.347 e. The van der Waals surface area contributed by atoms with Gasteiger partial charge in [-0.25, -0.2) is 9.97 Å². The molecule has 112 valence electrons. The maximum absolute atomic E-state index is 12.6. The van der Waals surface area contributed by atoms with Crippen molar-refractivity contribution >= 4 is 5.95 Å². The van der Waals surface area contributed by atoms with Crippen molar-refractivity contribution in [2.24, 2.45) is 5.73 Å². The van der Waals surface area contributed by atoms with Gasteiger partial charge in [0.15, 0.2) is 0 Å². The van der Waals surface area contributed by atoms with Gasteiger partial charge in [-0.1, -0.05) is 12.1 Å². The molecule has 21 heavy (non-hydrogen) atoms. The molecule has 0 bridgehead atoms. The third-order valence-corrected chi connectivity index (χ3v) is 2.88. The molecule has 2 N–H and O–H groups in total. The van der Waals surface area contributed by atoms with Crippen molar-refractivity contribution in [3.8, 4) is 11.3 Å². The zero-order chi connectivity index (χ0) is 15.6. The number of rotatable bonds is 3. The van der Waals surface area contributed by atoms with Gasteiger partial charge in [0.2, 0.25) is 5.95 Å². The molecular weight excluding hydrogens is 281 g/mol. The van der Waals surface area contributed by atoms with Crippen molar-refractivity contribution < 1.29 is 13.2 Å². The van der Waals surface area contributed by atoms with Gasteiger partial charge in [0.25, 0.3) is 0 Å². The first-order valence-corrected chi connectivity index (χ1v) is 6.24. The predicted molar refractivity (Wildman–Crippen MR) is 74.7 cm³/mol. The first-order chi connectivity index (χ1) is 9.81. The lowest BCUT2D eigenvalue weighted by Gasteiger charge is -2.13. The summed E-state index contributed by atoms with van der Waals surface area (Å²) in [4.78, 5) is 10.3. The summed E-state index contributed by atoms with van der Waals surface area (Å²) in [5.41, 5.74) is 6.66. The quantitative estimate of drug-likeness (QED) is 0.946. The number of halogens is 3. The Morgan fingerprint density at radius 2 is 1.71 bits per heavy atom. The summed E-state index contributed by atoms with van der Waals surface area (Å²) in [5.74, 6) is 0.466. The molecule has 0 aliphatic rings. The number of alkyl halides is 3. The van der Waals surface area contributed by atoms with E-state index in [1.54, 1.807) is 25.1 Å². The Labute approximate surface area is 120 Å². The minimum atomic E-state index is -4.35. The van der Waals surface area contributed by atoms with E-state index in [1.807, 2.05) is 0 Å². The summed E-state index contributed by atoms with van der Waals surface area (Å²) in [5, 5.41) is 0. The fraction of sp³-hybridized carbons (Fsp3) is 0.286. The van der Waals surface area contributed by atoms with E-state index in [0.717, 1.165) is 12.1 Å². The lowest BCUT2D eigenvalue weighted by atomic mass is 10.1. The van der Waals surface area contributed by atoms with E-state index < -0.39 is 11.7 Å². The van der Waals surface area contributed by atoms with Gasteiger partial charge in [-0.3, -0.25) is 0 Å². The van der Waals surface area contributed by atoms with Gasteiger partial charge < -0.3 is 10.6 Å². The number of anilines is 1. The summed E-state index contributed by atoms with van der Waals surface area (Å²) in [7, 11) is 3.57. The van der Waals surface area contributed by atoms with Gasteiger partial charge in [-0.05, 0) is 18.2 Å². The van der Waals surface area contributed by atoms with Gasteiger partial charge in [0, 0.05) is 26.2 Å². The summed E-state index contributed by atoms with van der Waals surface area (Å²) in [6.07, 6.45) is -4.35. The number of nitrogens with zero attached hydrogens (tertiary/aromatic N) is 3. The maximum atomic E-state index is 12.6. The molecule has 0 aliphatic heterocycles. The summed E-state index contributed by atoms with van der Waals surface area (Å²) in [6.45, 7) is 0.233. The van der Waals surface area contributed by atoms with Gasteiger partial charge in [0.1, 0.15) is 0 Å². The lowest BCUT2D eigenvalue weighted by molar-refractivity contribution is -0.137. The molecule has 0 aliphatic carbocycles. The van der Waals surface area contributed by atoms with Crippen LogP contribution in [0.4, 0.5) is 19.1 Å². The number of hydrogen-bond donors (Lipinski definition) is 1. The Bertz CT molecular complexity index is 621. The van der Waals surface area contributed by atoms with Crippen LogP contribution in [0.3, 0.4) is 0 Å². The minimum absolute atomic E-state index is 0.233. The number of aromatic nitrogens is 2. The van der Waals surface area contributed by atoms with E-state index in [-0.39, 0.29) is 6.54 Å². The Kier molecular flexibility index (Phi) is 4.13. The topological polar surface area (TPSA) is 55.0 Å². The van der Waals surface area contributed by atoms with Crippen LogP contribution in [0.2, 0.25) is 0 Å². The Morgan fingerprint density at radius 1 is 1.10 bits per heavy atom. The van der Waals surface area contributed by atoms with Gasteiger partial charge in [-0.15, -0.1) is 0 Å². The first-order valence-electron chi connectivity index (χ1n) is 6.24. The van der Waals surface area contributed by atoms with E-state index >= 15 is 0 Å².